The van der Waals surface area contributed by atoms with Crippen molar-refractivity contribution < 1.29 is 9.59 Å². The van der Waals surface area contributed by atoms with Crippen molar-refractivity contribution in [3.8, 4) is 6.07 Å². The molecule has 6 nitrogen and oxygen atoms in total. The standard InChI is InChI=1S/C17H14N4O2/c1-9-10(2)13-14(15(19)12(9)8-18)17(23)21(16(13)22)20-11-6-4-3-5-7-11/h3-7,20H,19H2,1-2H3. The monoisotopic (exact) mass is 306 g/mol. The molecule has 1 aliphatic heterocycles. The SMILES string of the molecule is Cc1c(C)c2c(c(N)c1C#N)C(=O)N(Nc1ccccc1)C2=O. The van der Waals surface area contributed by atoms with Crippen molar-refractivity contribution in [3.63, 3.8) is 0 Å². The Bertz CT molecular complexity index is 882. The molecule has 0 bridgehead atoms. The number of imide groups is 1. The maximum Gasteiger partial charge on any atom is 0.282 e. The predicted octanol–water partition coefficient (Wildman–Crippen LogP) is 2.38. The number of nitriles is 1. The molecule has 23 heavy (non-hydrogen) atoms. The van der Waals surface area contributed by atoms with Gasteiger partial charge in [0.05, 0.1) is 28.1 Å². The van der Waals surface area contributed by atoms with Gasteiger partial charge in [-0.25, -0.2) is 0 Å². The Labute approximate surface area is 133 Å². The number of para-hydroxylation sites is 1. The van der Waals surface area contributed by atoms with Crippen LogP contribution in [0.25, 0.3) is 0 Å². The van der Waals surface area contributed by atoms with Crippen LogP contribution < -0.4 is 11.2 Å². The average molecular weight is 306 g/mol. The first-order valence-corrected chi connectivity index (χ1v) is 7.00. The van der Waals surface area contributed by atoms with Crippen LogP contribution >= 0.6 is 0 Å². The van der Waals surface area contributed by atoms with E-state index in [1.165, 1.54) is 0 Å². The molecule has 2 aromatic carbocycles. The summed E-state index contributed by atoms with van der Waals surface area (Å²) >= 11 is 0. The van der Waals surface area contributed by atoms with Crippen LogP contribution in [0.1, 0.15) is 37.4 Å². The Balaban J connectivity index is 2.13. The van der Waals surface area contributed by atoms with E-state index in [0.717, 1.165) is 5.01 Å². The lowest BCUT2D eigenvalue weighted by Gasteiger charge is -2.16. The number of rotatable bonds is 2. The molecule has 114 valence electrons. The molecule has 0 unspecified atom stereocenters. The van der Waals surface area contributed by atoms with Crippen LogP contribution in [-0.4, -0.2) is 16.8 Å². The first kappa shape index (κ1) is 14.6. The molecule has 0 aliphatic carbocycles. The molecular formula is C17H14N4O2. The lowest BCUT2D eigenvalue weighted by molar-refractivity contribution is 0.0691. The van der Waals surface area contributed by atoms with Gasteiger partial charge in [-0.1, -0.05) is 18.2 Å². The number of hydrogen-bond acceptors (Lipinski definition) is 5. The topological polar surface area (TPSA) is 99.2 Å². The summed E-state index contributed by atoms with van der Waals surface area (Å²) in [6.45, 7) is 3.43. The number of carbonyl (C=O) groups excluding carboxylic acids is 2. The number of benzene rings is 2. The zero-order chi connectivity index (χ0) is 16.7. The summed E-state index contributed by atoms with van der Waals surface area (Å²) in [4.78, 5) is 25.3. The van der Waals surface area contributed by atoms with Crippen molar-refractivity contribution >= 4 is 23.2 Å². The van der Waals surface area contributed by atoms with Crippen LogP contribution in [0.15, 0.2) is 30.3 Å². The zero-order valence-electron chi connectivity index (χ0n) is 12.7. The summed E-state index contributed by atoms with van der Waals surface area (Å²) in [6, 6.07) is 10.9. The van der Waals surface area contributed by atoms with Gasteiger partial charge in [-0.05, 0) is 37.1 Å². The van der Waals surface area contributed by atoms with Gasteiger partial charge in [0, 0.05) is 0 Å². The largest absolute Gasteiger partial charge is 0.397 e. The highest BCUT2D eigenvalue weighted by Gasteiger charge is 2.40. The molecule has 6 heteroatoms. The number of hydrazine groups is 1. The second-order valence-electron chi connectivity index (χ2n) is 5.32. The third kappa shape index (κ3) is 2.02. The summed E-state index contributed by atoms with van der Waals surface area (Å²) < 4.78 is 0. The lowest BCUT2D eigenvalue weighted by Crippen LogP contribution is -2.35. The molecular weight excluding hydrogens is 292 g/mol. The highest BCUT2D eigenvalue weighted by molar-refractivity contribution is 6.25. The van der Waals surface area contributed by atoms with Crippen molar-refractivity contribution in [1.29, 1.82) is 5.26 Å². The minimum absolute atomic E-state index is 0.0568. The summed E-state index contributed by atoms with van der Waals surface area (Å²) in [5, 5.41) is 10.2. The molecule has 1 aliphatic rings. The van der Waals surface area contributed by atoms with Crippen LogP contribution in [0.5, 0.6) is 0 Å². The van der Waals surface area contributed by atoms with E-state index < -0.39 is 11.8 Å². The van der Waals surface area contributed by atoms with E-state index in [1.54, 1.807) is 38.1 Å². The number of nitrogens with two attached hydrogens (primary N) is 1. The zero-order valence-corrected chi connectivity index (χ0v) is 12.7. The lowest BCUT2D eigenvalue weighted by atomic mass is 9.92. The summed E-state index contributed by atoms with van der Waals surface area (Å²) in [7, 11) is 0. The highest BCUT2D eigenvalue weighted by atomic mass is 16.2. The summed E-state index contributed by atoms with van der Waals surface area (Å²) in [5.74, 6) is -1.02. The molecule has 0 saturated heterocycles. The molecule has 0 radical (unpaired) electrons. The van der Waals surface area contributed by atoms with E-state index in [-0.39, 0.29) is 22.4 Å². The van der Waals surface area contributed by atoms with Gasteiger partial charge in [0.15, 0.2) is 0 Å². The Morgan fingerprint density at radius 3 is 2.26 bits per heavy atom. The summed E-state index contributed by atoms with van der Waals surface area (Å²) in [6.07, 6.45) is 0. The van der Waals surface area contributed by atoms with Gasteiger partial charge in [0.2, 0.25) is 0 Å². The number of fused-ring (bicyclic) bond motifs is 1. The number of nitrogens with one attached hydrogen (secondary N) is 1. The molecule has 0 spiro atoms. The number of amides is 2. The maximum atomic E-state index is 12.6. The Morgan fingerprint density at radius 2 is 1.65 bits per heavy atom. The van der Waals surface area contributed by atoms with Crippen LogP contribution in [0.3, 0.4) is 0 Å². The van der Waals surface area contributed by atoms with Crippen molar-refractivity contribution in [1.82, 2.24) is 5.01 Å². The molecule has 0 saturated carbocycles. The third-order valence-electron chi connectivity index (χ3n) is 4.06. The fraction of sp³-hybridized carbons (Fsp3) is 0.118. The van der Waals surface area contributed by atoms with Gasteiger partial charge in [-0.3, -0.25) is 15.0 Å². The van der Waals surface area contributed by atoms with Crippen molar-refractivity contribution in [2.24, 2.45) is 0 Å². The predicted molar refractivity (Wildman–Crippen MR) is 85.6 cm³/mol. The van der Waals surface area contributed by atoms with Crippen molar-refractivity contribution in [2.45, 2.75) is 13.8 Å². The van der Waals surface area contributed by atoms with E-state index in [9.17, 15) is 14.9 Å². The minimum Gasteiger partial charge on any atom is -0.397 e. The normalized spacial score (nSPS) is 13.0. The fourth-order valence-electron chi connectivity index (χ4n) is 2.72. The second-order valence-corrected chi connectivity index (χ2v) is 5.32. The van der Waals surface area contributed by atoms with E-state index in [0.29, 0.717) is 16.8 Å². The van der Waals surface area contributed by atoms with Gasteiger partial charge < -0.3 is 5.73 Å². The van der Waals surface area contributed by atoms with Crippen molar-refractivity contribution in [3.05, 3.63) is 58.1 Å². The van der Waals surface area contributed by atoms with Crippen molar-refractivity contribution in [2.75, 3.05) is 11.2 Å². The van der Waals surface area contributed by atoms with Gasteiger partial charge in [-0.2, -0.15) is 10.3 Å². The Kier molecular flexibility index (Phi) is 3.26. The van der Waals surface area contributed by atoms with E-state index in [2.05, 4.69) is 5.43 Å². The fourth-order valence-corrected chi connectivity index (χ4v) is 2.72. The van der Waals surface area contributed by atoms with E-state index in [4.69, 9.17) is 5.73 Å². The second kappa shape index (κ2) is 5.14. The number of hydrogen-bond donors (Lipinski definition) is 2. The maximum absolute atomic E-state index is 12.6. The van der Waals surface area contributed by atoms with Crippen LogP contribution in [0.4, 0.5) is 11.4 Å². The van der Waals surface area contributed by atoms with Gasteiger partial charge in [0.25, 0.3) is 11.8 Å². The van der Waals surface area contributed by atoms with Crippen LogP contribution in [-0.2, 0) is 0 Å². The molecule has 0 fully saturated rings. The molecule has 0 atom stereocenters. The number of nitrogen functional groups attached to an aromatic ring is 1. The van der Waals surface area contributed by atoms with E-state index >= 15 is 0 Å². The first-order chi connectivity index (χ1) is 11.0. The molecule has 3 rings (SSSR count). The molecule has 2 amide bonds. The third-order valence-corrected chi connectivity index (χ3v) is 4.06. The van der Waals surface area contributed by atoms with Crippen LogP contribution in [0, 0.1) is 25.2 Å². The minimum atomic E-state index is -0.550. The Hall–Kier alpha value is -3.33. The first-order valence-electron chi connectivity index (χ1n) is 7.00. The van der Waals surface area contributed by atoms with Gasteiger partial charge >= 0.3 is 0 Å². The highest BCUT2D eigenvalue weighted by Crippen LogP contribution is 2.35. The molecule has 2 aromatic rings. The number of carbonyl (C=O) groups is 2. The van der Waals surface area contributed by atoms with Gasteiger partial charge in [0.1, 0.15) is 6.07 Å². The van der Waals surface area contributed by atoms with Crippen LogP contribution in [0.2, 0.25) is 0 Å². The average Bonchev–Trinajstić information content (AvgIpc) is 2.79. The molecule has 3 N–H and O–H groups in total. The quantitative estimate of drug-likeness (QED) is 0.655. The number of anilines is 2. The summed E-state index contributed by atoms with van der Waals surface area (Å²) in [5.41, 5.74) is 11.2. The molecule has 0 aromatic heterocycles. The number of nitrogens with zero attached hydrogens (tertiary/aromatic N) is 2. The molecule has 1 heterocycles. The smallest absolute Gasteiger partial charge is 0.282 e. The Morgan fingerprint density at radius 1 is 1.04 bits per heavy atom. The van der Waals surface area contributed by atoms with Gasteiger partial charge in [-0.15, -0.1) is 0 Å². The van der Waals surface area contributed by atoms with E-state index in [1.807, 2.05) is 12.1 Å².